The third-order valence-corrected chi connectivity index (χ3v) is 3.66. The van der Waals surface area contributed by atoms with E-state index in [4.69, 9.17) is 4.74 Å². The topological polar surface area (TPSA) is 41.6 Å². The lowest BCUT2D eigenvalue weighted by molar-refractivity contribution is -0.128. The molecular formula is C16H23FN2O2. The van der Waals surface area contributed by atoms with Crippen molar-refractivity contribution >= 4 is 5.91 Å². The molecule has 1 fully saturated rings. The molecule has 5 heteroatoms. The van der Waals surface area contributed by atoms with Crippen LogP contribution >= 0.6 is 0 Å². The zero-order chi connectivity index (χ0) is 15.2. The van der Waals surface area contributed by atoms with Crippen LogP contribution in [0.3, 0.4) is 0 Å². The number of carbonyl (C=O) groups excluding carboxylic acids is 1. The summed E-state index contributed by atoms with van der Waals surface area (Å²) in [5, 5.41) is 2.94. The fourth-order valence-corrected chi connectivity index (χ4v) is 2.49. The summed E-state index contributed by atoms with van der Waals surface area (Å²) in [6, 6.07) is 5.01. The molecule has 0 atom stereocenters. The van der Waals surface area contributed by atoms with Gasteiger partial charge in [-0.15, -0.1) is 0 Å². The predicted molar refractivity (Wildman–Crippen MR) is 79.2 cm³/mol. The van der Waals surface area contributed by atoms with Crippen LogP contribution in [0.2, 0.25) is 0 Å². The van der Waals surface area contributed by atoms with Gasteiger partial charge in [0.25, 0.3) is 0 Å². The van der Waals surface area contributed by atoms with Crippen molar-refractivity contribution < 1.29 is 13.9 Å². The molecule has 2 rings (SSSR count). The van der Waals surface area contributed by atoms with Gasteiger partial charge in [-0.3, -0.25) is 4.79 Å². The van der Waals surface area contributed by atoms with Gasteiger partial charge in [0.2, 0.25) is 5.91 Å². The maximum Gasteiger partial charge on any atom is 0.223 e. The number of carbonyl (C=O) groups is 1. The van der Waals surface area contributed by atoms with Crippen LogP contribution in [0, 0.1) is 11.7 Å². The normalized spacial score (nSPS) is 16.2. The molecule has 4 nitrogen and oxygen atoms in total. The van der Waals surface area contributed by atoms with Crippen molar-refractivity contribution in [2.75, 3.05) is 27.3 Å². The third kappa shape index (κ3) is 4.79. The minimum atomic E-state index is -0.205. The molecule has 0 spiro atoms. The second kappa shape index (κ2) is 7.52. The number of benzene rings is 1. The highest BCUT2D eigenvalue weighted by molar-refractivity contribution is 5.78. The molecule has 0 saturated carbocycles. The second-order valence-corrected chi connectivity index (χ2v) is 5.77. The molecule has 1 saturated heterocycles. The van der Waals surface area contributed by atoms with E-state index in [2.05, 4.69) is 5.32 Å². The Morgan fingerprint density at radius 1 is 1.38 bits per heavy atom. The quantitative estimate of drug-likeness (QED) is 0.902. The Balaban J connectivity index is 1.91. The molecule has 116 valence electrons. The maximum absolute atomic E-state index is 13.7. The average molecular weight is 294 g/mol. The summed E-state index contributed by atoms with van der Waals surface area (Å²) in [4.78, 5) is 14.0. The molecule has 0 bridgehead atoms. The summed E-state index contributed by atoms with van der Waals surface area (Å²) >= 11 is 0. The van der Waals surface area contributed by atoms with E-state index in [1.807, 2.05) is 25.1 Å². The van der Waals surface area contributed by atoms with Crippen LogP contribution in [0.1, 0.15) is 24.0 Å². The first kappa shape index (κ1) is 15.9. The SMILES string of the molecule is CN(C)Cc1cc(CNC(=O)C2CCOCC2)ccc1F. The molecule has 1 aromatic rings. The minimum Gasteiger partial charge on any atom is -0.381 e. The highest BCUT2D eigenvalue weighted by atomic mass is 19.1. The largest absolute Gasteiger partial charge is 0.381 e. The van der Waals surface area contributed by atoms with Gasteiger partial charge in [0.1, 0.15) is 5.82 Å². The highest BCUT2D eigenvalue weighted by Crippen LogP contribution is 2.16. The van der Waals surface area contributed by atoms with E-state index in [0.29, 0.717) is 31.9 Å². The number of hydrogen-bond donors (Lipinski definition) is 1. The molecule has 1 N–H and O–H groups in total. The Hall–Kier alpha value is -1.46. The number of ether oxygens (including phenoxy) is 1. The molecule has 21 heavy (non-hydrogen) atoms. The summed E-state index contributed by atoms with van der Waals surface area (Å²) in [6.07, 6.45) is 1.56. The van der Waals surface area contributed by atoms with Crippen molar-refractivity contribution in [2.45, 2.75) is 25.9 Å². The second-order valence-electron chi connectivity index (χ2n) is 5.77. The summed E-state index contributed by atoms with van der Waals surface area (Å²) in [5.74, 6) is -0.0968. The molecule has 1 amide bonds. The summed E-state index contributed by atoms with van der Waals surface area (Å²) in [7, 11) is 3.80. The minimum absolute atomic E-state index is 0.0421. The van der Waals surface area contributed by atoms with E-state index in [-0.39, 0.29) is 17.6 Å². The molecule has 0 unspecified atom stereocenters. The van der Waals surface area contributed by atoms with Gasteiger partial charge in [-0.05, 0) is 44.6 Å². The van der Waals surface area contributed by atoms with Crippen LogP contribution < -0.4 is 5.32 Å². The number of amides is 1. The van der Waals surface area contributed by atoms with Crippen molar-refractivity contribution in [1.82, 2.24) is 10.2 Å². The van der Waals surface area contributed by atoms with E-state index in [9.17, 15) is 9.18 Å². The fourth-order valence-electron chi connectivity index (χ4n) is 2.49. The van der Waals surface area contributed by atoms with Gasteiger partial charge >= 0.3 is 0 Å². The first-order valence-electron chi connectivity index (χ1n) is 7.33. The monoisotopic (exact) mass is 294 g/mol. The third-order valence-electron chi connectivity index (χ3n) is 3.66. The van der Waals surface area contributed by atoms with Crippen LogP contribution in [-0.4, -0.2) is 38.1 Å². The van der Waals surface area contributed by atoms with Gasteiger partial charge in [-0.25, -0.2) is 4.39 Å². The van der Waals surface area contributed by atoms with Crippen LogP contribution in [-0.2, 0) is 22.6 Å². The molecule has 0 aliphatic carbocycles. The van der Waals surface area contributed by atoms with E-state index < -0.39 is 0 Å². The first-order chi connectivity index (χ1) is 10.1. The van der Waals surface area contributed by atoms with Gasteiger partial charge in [0.15, 0.2) is 0 Å². The molecule has 0 radical (unpaired) electrons. The summed E-state index contributed by atoms with van der Waals surface area (Å²) in [5.41, 5.74) is 1.58. The Kier molecular flexibility index (Phi) is 5.70. The van der Waals surface area contributed by atoms with Crippen molar-refractivity contribution in [3.63, 3.8) is 0 Å². The number of nitrogens with zero attached hydrogens (tertiary/aromatic N) is 1. The molecule has 1 aromatic carbocycles. The molecular weight excluding hydrogens is 271 g/mol. The summed E-state index contributed by atoms with van der Waals surface area (Å²) in [6.45, 7) is 2.30. The van der Waals surface area contributed by atoms with E-state index in [0.717, 1.165) is 18.4 Å². The van der Waals surface area contributed by atoms with Crippen molar-refractivity contribution in [2.24, 2.45) is 5.92 Å². The van der Waals surface area contributed by atoms with E-state index >= 15 is 0 Å². The maximum atomic E-state index is 13.7. The van der Waals surface area contributed by atoms with Gasteiger partial charge in [-0.1, -0.05) is 6.07 Å². The zero-order valence-electron chi connectivity index (χ0n) is 12.7. The Morgan fingerprint density at radius 3 is 2.76 bits per heavy atom. The molecule has 1 aliphatic heterocycles. The van der Waals surface area contributed by atoms with E-state index in [1.165, 1.54) is 6.07 Å². The van der Waals surface area contributed by atoms with Gasteiger partial charge < -0.3 is 15.0 Å². The lowest BCUT2D eigenvalue weighted by atomic mass is 9.99. The molecule has 0 aromatic heterocycles. The average Bonchev–Trinajstić information content (AvgIpc) is 2.48. The fraction of sp³-hybridized carbons (Fsp3) is 0.562. The lowest BCUT2D eigenvalue weighted by Crippen LogP contribution is -2.33. The number of halogens is 1. The van der Waals surface area contributed by atoms with Crippen LogP contribution in [0.5, 0.6) is 0 Å². The smallest absolute Gasteiger partial charge is 0.223 e. The van der Waals surface area contributed by atoms with Crippen molar-refractivity contribution in [1.29, 1.82) is 0 Å². The predicted octanol–water partition coefficient (Wildman–Crippen LogP) is 1.93. The number of hydrogen-bond acceptors (Lipinski definition) is 3. The highest BCUT2D eigenvalue weighted by Gasteiger charge is 2.21. The Morgan fingerprint density at radius 2 is 2.10 bits per heavy atom. The van der Waals surface area contributed by atoms with Crippen molar-refractivity contribution in [3.8, 4) is 0 Å². The number of nitrogens with one attached hydrogen (secondary N) is 1. The Labute approximate surface area is 125 Å². The zero-order valence-corrected chi connectivity index (χ0v) is 12.7. The molecule has 1 aliphatic rings. The van der Waals surface area contributed by atoms with Crippen LogP contribution in [0.25, 0.3) is 0 Å². The van der Waals surface area contributed by atoms with Gasteiger partial charge in [0, 0.05) is 37.8 Å². The van der Waals surface area contributed by atoms with Gasteiger partial charge in [-0.2, -0.15) is 0 Å². The van der Waals surface area contributed by atoms with E-state index in [1.54, 1.807) is 6.07 Å². The summed E-state index contributed by atoms with van der Waals surface area (Å²) < 4.78 is 18.9. The first-order valence-corrected chi connectivity index (χ1v) is 7.33. The van der Waals surface area contributed by atoms with Crippen molar-refractivity contribution in [3.05, 3.63) is 35.1 Å². The molecule has 1 heterocycles. The number of rotatable bonds is 5. The van der Waals surface area contributed by atoms with Gasteiger partial charge in [0.05, 0.1) is 0 Å². The standard InChI is InChI=1S/C16H23FN2O2/c1-19(2)11-14-9-12(3-4-15(14)17)10-18-16(20)13-5-7-21-8-6-13/h3-4,9,13H,5-8,10-11H2,1-2H3,(H,18,20). The lowest BCUT2D eigenvalue weighted by Gasteiger charge is -2.21. The Bertz CT molecular complexity index is 485. The van der Waals surface area contributed by atoms with Crippen LogP contribution in [0.4, 0.5) is 4.39 Å². The van der Waals surface area contributed by atoms with Crippen LogP contribution in [0.15, 0.2) is 18.2 Å².